The van der Waals surface area contributed by atoms with E-state index in [1.165, 1.54) is 11.6 Å². The number of methoxy groups -OCH3 is 1. The molecule has 4 rings (SSSR count). The molecule has 1 atom stereocenters. The van der Waals surface area contributed by atoms with Crippen molar-refractivity contribution in [2.24, 2.45) is 0 Å². The van der Waals surface area contributed by atoms with Gasteiger partial charge < -0.3 is 10.1 Å². The van der Waals surface area contributed by atoms with Crippen LogP contribution in [0.1, 0.15) is 54.9 Å². The molecule has 2 heterocycles. The first kappa shape index (κ1) is 24.7. The van der Waals surface area contributed by atoms with Crippen molar-refractivity contribution in [1.82, 2.24) is 14.5 Å². The number of hydrogen-bond donors (Lipinski definition) is 1. The molecule has 0 aliphatic carbocycles. The van der Waals surface area contributed by atoms with Crippen molar-refractivity contribution in [3.63, 3.8) is 0 Å². The number of carbonyl (C=O) groups excluding carboxylic acids is 1. The number of sulfonamides is 1. The van der Waals surface area contributed by atoms with Gasteiger partial charge in [-0.2, -0.15) is 4.31 Å². The number of nitrogens with one attached hydrogen (secondary N) is 1. The van der Waals surface area contributed by atoms with E-state index in [1.54, 1.807) is 29.6 Å². The summed E-state index contributed by atoms with van der Waals surface area (Å²) in [6.45, 7) is 5.13. The van der Waals surface area contributed by atoms with Gasteiger partial charge >= 0.3 is 0 Å². The van der Waals surface area contributed by atoms with Gasteiger partial charge in [-0.3, -0.25) is 9.69 Å². The third-order valence-electron chi connectivity index (χ3n) is 6.91. The number of amides is 1. The molecule has 0 radical (unpaired) electrons. The lowest BCUT2D eigenvalue weighted by Gasteiger charge is -2.33. The first-order chi connectivity index (χ1) is 16.4. The zero-order chi connectivity index (χ0) is 24.1. The Morgan fingerprint density at radius 3 is 2.53 bits per heavy atom. The topological polar surface area (TPSA) is 79.0 Å². The van der Waals surface area contributed by atoms with Crippen LogP contribution in [0.2, 0.25) is 0 Å². The zero-order valence-corrected chi connectivity index (χ0v) is 20.9. The van der Waals surface area contributed by atoms with E-state index in [9.17, 15) is 13.2 Å². The minimum absolute atomic E-state index is 0.0154. The highest BCUT2D eigenvalue weighted by Crippen LogP contribution is 2.26. The predicted octanol–water partition coefficient (Wildman–Crippen LogP) is 3.65. The summed E-state index contributed by atoms with van der Waals surface area (Å²) in [5, 5.41) is 3.11. The maximum Gasteiger partial charge on any atom is 0.251 e. The lowest BCUT2D eigenvalue weighted by atomic mass is 10.0. The fourth-order valence-corrected chi connectivity index (χ4v) is 6.64. The van der Waals surface area contributed by atoms with Crippen LogP contribution in [0.25, 0.3) is 0 Å². The number of hydrogen-bond acceptors (Lipinski definition) is 5. The van der Waals surface area contributed by atoms with Crippen LogP contribution in [-0.2, 0) is 16.6 Å². The molecule has 2 fully saturated rings. The van der Waals surface area contributed by atoms with Crippen LogP contribution < -0.4 is 10.1 Å². The summed E-state index contributed by atoms with van der Waals surface area (Å²) in [5.41, 5.74) is 1.60. The molecule has 2 aliphatic rings. The van der Waals surface area contributed by atoms with Crippen LogP contribution >= 0.6 is 0 Å². The monoisotopic (exact) mass is 485 g/mol. The van der Waals surface area contributed by atoms with Gasteiger partial charge in [-0.25, -0.2) is 8.42 Å². The molecule has 184 valence electrons. The molecule has 0 saturated carbocycles. The van der Waals surface area contributed by atoms with E-state index in [4.69, 9.17) is 4.74 Å². The standard InChI is InChI=1S/C26H35N3O4S/c1-20-7-3-4-14-29(20)34(31,32)25-11-6-9-22(18-25)26(30)27-23-12-15-28(16-13-23)19-21-8-5-10-24(17-21)33-2/h5-6,8-11,17-18,20,23H,3-4,7,12-16,19H2,1-2H3,(H,27,30). The molecule has 0 spiro atoms. The van der Waals surface area contributed by atoms with Gasteiger partial charge in [0, 0.05) is 43.8 Å². The Bertz CT molecular complexity index is 1100. The summed E-state index contributed by atoms with van der Waals surface area (Å²) < 4.78 is 33.2. The van der Waals surface area contributed by atoms with Crippen LogP contribution in [0.3, 0.4) is 0 Å². The van der Waals surface area contributed by atoms with Crippen molar-refractivity contribution in [2.75, 3.05) is 26.7 Å². The molecule has 8 heteroatoms. The summed E-state index contributed by atoms with van der Waals surface area (Å²) in [6.07, 6.45) is 4.52. The van der Waals surface area contributed by atoms with Gasteiger partial charge in [-0.05, 0) is 68.5 Å². The van der Waals surface area contributed by atoms with Crippen molar-refractivity contribution in [3.8, 4) is 5.75 Å². The molecule has 1 amide bonds. The smallest absolute Gasteiger partial charge is 0.251 e. The van der Waals surface area contributed by atoms with E-state index in [0.717, 1.165) is 57.5 Å². The number of carbonyl (C=O) groups is 1. The van der Waals surface area contributed by atoms with Crippen LogP contribution in [0, 0.1) is 0 Å². The van der Waals surface area contributed by atoms with Crippen LogP contribution in [0.15, 0.2) is 53.4 Å². The largest absolute Gasteiger partial charge is 0.497 e. The molecule has 7 nitrogen and oxygen atoms in total. The van der Waals surface area contributed by atoms with Gasteiger partial charge in [0.1, 0.15) is 5.75 Å². The van der Waals surface area contributed by atoms with Crippen molar-refractivity contribution in [2.45, 2.75) is 62.6 Å². The van der Waals surface area contributed by atoms with Gasteiger partial charge in [0.25, 0.3) is 5.91 Å². The first-order valence-corrected chi connectivity index (χ1v) is 13.6. The van der Waals surface area contributed by atoms with Gasteiger partial charge in [-0.15, -0.1) is 0 Å². The summed E-state index contributed by atoms with van der Waals surface area (Å²) >= 11 is 0. The lowest BCUT2D eigenvalue weighted by Crippen LogP contribution is -2.44. The second-order valence-corrected chi connectivity index (χ2v) is 11.3. The van der Waals surface area contributed by atoms with Crippen molar-refractivity contribution in [3.05, 3.63) is 59.7 Å². The maximum absolute atomic E-state index is 13.2. The Kier molecular flexibility index (Phi) is 7.91. The highest BCUT2D eigenvalue weighted by Gasteiger charge is 2.31. The van der Waals surface area contributed by atoms with Gasteiger partial charge in [0.2, 0.25) is 10.0 Å². The summed E-state index contributed by atoms with van der Waals surface area (Å²) in [5.74, 6) is 0.647. The number of nitrogens with zero attached hydrogens (tertiary/aromatic N) is 2. The minimum Gasteiger partial charge on any atom is -0.497 e. The Balaban J connectivity index is 1.34. The van der Waals surface area contributed by atoms with Crippen LogP contribution in [-0.4, -0.2) is 62.4 Å². The normalized spacial score (nSPS) is 20.7. The fraction of sp³-hybridized carbons (Fsp3) is 0.500. The van der Waals surface area contributed by atoms with Gasteiger partial charge in [0.15, 0.2) is 0 Å². The Hall–Kier alpha value is -2.42. The second kappa shape index (κ2) is 10.9. The molecule has 1 N–H and O–H groups in total. The summed E-state index contributed by atoms with van der Waals surface area (Å²) in [4.78, 5) is 15.5. The average molecular weight is 486 g/mol. The number of ether oxygens (including phenoxy) is 1. The molecule has 2 saturated heterocycles. The van der Waals surface area contributed by atoms with E-state index in [0.29, 0.717) is 12.1 Å². The van der Waals surface area contributed by atoms with E-state index >= 15 is 0 Å². The predicted molar refractivity (Wildman–Crippen MR) is 132 cm³/mol. The van der Waals surface area contributed by atoms with Gasteiger partial charge in [-0.1, -0.05) is 24.6 Å². The quantitative estimate of drug-likeness (QED) is 0.648. The van der Waals surface area contributed by atoms with Crippen molar-refractivity contribution in [1.29, 1.82) is 0 Å². The average Bonchev–Trinajstić information content (AvgIpc) is 2.85. The number of likely N-dealkylation sites (tertiary alicyclic amines) is 1. The molecular formula is C26H35N3O4S. The highest BCUT2D eigenvalue weighted by molar-refractivity contribution is 7.89. The van der Waals surface area contributed by atoms with Gasteiger partial charge in [0.05, 0.1) is 12.0 Å². The molecule has 2 aliphatic heterocycles. The minimum atomic E-state index is -3.60. The van der Waals surface area contributed by atoms with E-state index in [-0.39, 0.29) is 22.9 Å². The molecule has 2 aromatic carbocycles. The maximum atomic E-state index is 13.2. The number of rotatable bonds is 7. The third kappa shape index (κ3) is 5.79. The Morgan fingerprint density at radius 1 is 1.03 bits per heavy atom. The number of benzene rings is 2. The Labute approximate surface area is 203 Å². The third-order valence-corrected chi connectivity index (χ3v) is 8.92. The van der Waals surface area contributed by atoms with E-state index in [1.807, 2.05) is 19.1 Å². The summed E-state index contributed by atoms with van der Waals surface area (Å²) in [7, 11) is -1.93. The zero-order valence-electron chi connectivity index (χ0n) is 20.1. The first-order valence-electron chi connectivity index (χ1n) is 12.1. The van der Waals surface area contributed by atoms with E-state index in [2.05, 4.69) is 22.3 Å². The second-order valence-electron chi connectivity index (χ2n) is 9.36. The Morgan fingerprint density at radius 2 is 1.79 bits per heavy atom. The molecule has 0 bridgehead atoms. The molecule has 34 heavy (non-hydrogen) atoms. The molecule has 1 unspecified atom stereocenters. The summed E-state index contributed by atoms with van der Waals surface area (Å²) in [6, 6.07) is 14.6. The van der Waals surface area contributed by atoms with Crippen molar-refractivity contribution < 1.29 is 17.9 Å². The lowest BCUT2D eigenvalue weighted by molar-refractivity contribution is 0.0908. The number of piperidine rings is 2. The van der Waals surface area contributed by atoms with Crippen LogP contribution in [0.4, 0.5) is 0 Å². The molecule has 0 aromatic heterocycles. The highest BCUT2D eigenvalue weighted by atomic mass is 32.2. The van der Waals surface area contributed by atoms with Crippen molar-refractivity contribution >= 4 is 15.9 Å². The van der Waals surface area contributed by atoms with E-state index < -0.39 is 10.0 Å². The fourth-order valence-electron chi connectivity index (χ4n) is 4.90. The SMILES string of the molecule is COc1cccc(CN2CCC(NC(=O)c3cccc(S(=O)(=O)N4CCCCC4C)c3)CC2)c1. The molecular weight excluding hydrogens is 450 g/mol. The molecule has 2 aromatic rings. The van der Waals surface area contributed by atoms with Crippen LogP contribution in [0.5, 0.6) is 5.75 Å².